The van der Waals surface area contributed by atoms with Crippen LogP contribution in [-0.2, 0) is 4.74 Å². The summed E-state index contributed by atoms with van der Waals surface area (Å²) in [5.74, 6) is 0. The summed E-state index contributed by atoms with van der Waals surface area (Å²) in [5.41, 5.74) is 0.397. The Morgan fingerprint density at radius 1 is 1.33 bits per heavy atom. The first kappa shape index (κ1) is 17.2. The Balaban J connectivity index is 1.87. The van der Waals surface area contributed by atoms with Crippen molar-refractivity contribution in [3.8, 4) is 0 Å². The van der Waals surface area contributed by atoms with Crippen LogP contribution in [0.25, 0.3) is 0 Å². The molecule has 2 aliphatic rings. The van der Waals surface area contributed by atoms with E-state index >= 15 is 0 Å². The number of nitrogens with zero attached hydrogens (tertiary/aromatic N) is 2. The third kappa shape index (κ3) is 5.20. The molecule has 0 radical (unpaired) electrons. The molecule has 0 aromatic heterocycles. The Bertz CT molecular complexity index is 302. The van der Waals surface area contributed by atoms with E-state index in [1.165, 1.54) is 45.3 Å². The Morgan fingerprint density at radius 2 is 2.05 bits per heavy atom. The second kappa shape index (κ2) is 7.91. The maximum Gasteiger partial charge on any atom is 0.0472 e. The number of nitrogens with one attached hydrogen (secondary N) is 1. The molecule has 0 aromatic carbocycles. The summed E-state index contributed by atoms with van der Waals surface area (Å²) in [6.07, 6.45) is 5.11. The fourth-order valence-electron chi connectivity index (χ4n) is 3.82. The van der Waals surface area contributed by atoms with E-state index in [0.29, 0.717) is 11.5 Å². The Hall–Kier alpha value is -0.160. The average molecular weight is 297 g/mol. The van der Waals surface area contributed by atoms with E-state index in [4.69, 9.17) is 4.74 Å². The molecule has 21 heavy (non-hydrogen) atoms. The highest BCUT2D eigenvalue weighted by Gasteiger charge is 2.34. The lowest BCUT2D eigenvalue weighted by Gasteiger charge is -2.41. The minimum absolute atomic E-state index is 0.397. The van der Waals surface area contributed by atoms with Crippen molar-refractivity contribution in [3.63, 3.8) is 0 Å². The van der Waals surface area contributed by atoms with Gasteiger partial charge in [-0.3, -0.25) is 0 Å². The first-order valence-electron chi connectivity index (χ1n) is 8.71. The predicted molar refractivity (Wildman–Crippen MR) is 88.8 cm³/mol. The summed E-state index contributed by atoms with van der Waals surface area (Å²) in [5, 5.41) is 3.67. The molecule has 1 N–H and O–H groups in total. The van der Waals surface area contributed by atoms with E-state index in [2.05, 4.69) is 43.1 Å². The molecule has 2 aliphatic heterocycles. The van der Waals surface area contributed by atoms with Gasteiger partial charge in [-0.05, 0) is 51.7 Å². The minimum atomic E-state index is 0.397. The zero-order valence-electron chi connectivity index (χ0n) is 14.5. The summed E-state index contributed by atoms with van der Waals surface area (Å²) in [6.45, 7) is 11.1. The number of hydrogen-bond donors (Lipinski definition) is 1. The van der Waals surface area contributed by atoms with Gasteiger partial charge in [0.2, 0.25) is 0 Å². The third-order valence-corrected chi connectivity index (χ3v) is 5.24. The van der Waals surface area contributed by atoms with Gasteiger partial charge >= 0.3 is 0 Å². The fraction of sp³-hybridized carbons (Fsp3) is 1.00. The van der Waals surface area contributed by atoms with E-state index in [0.717, 1.165) is 25.8 Å². The summed E-state index contributed by atoms with van der Waals surface area (Å²) >= 11 is 0. The highest BCUT2D eigenvalue weighted by atomic mass is 16.5. The Morgan fingerprint density at radius 3 is 2.62 bits per heavy atom. The molecule has 0 aliphatic carbocycles. The molecule has 4 heteroatoms. The topological polar surface area (TPSA) is 27.7 Å². The highest BCUT2D eigenvalue weighted by molar-refractivity contribution is 4.89. The lowest BCUT2D eigenvalue weighted by Crippen LogP contribution is -2.49. The number of ether oxygens (including phenoxy) is 1. The molecule has 0 bridgehead atoms. The molecule has 0 saturated carbocycles. The van der Waals surface area contributed by atoms with E-state index in [-0.39, 0.29) is 0 Å². The highest BCUT2D eigenvalue weighted by Crippen LogP contribution is 2.31. The van der Waals surface area contributed by atoms with E-state index in [1.54, 1.807) is 0 Å². The van der Waals surface area contributed by atoms with Gasteiger partial charge in [0.25, 0.3) is 0 Å². The lowest BCUT2D eigenvalue weighted by molar-refractivity contribution is -0.00368. The summed E-state index contributed by atoms with van der Waals surface area (Å²) in [4.78, 5) is 5.10. The summed E-state index contributed by atoms with van der Waals surface area (Å²) in [7, 11) is 4.58. The number of likely N-dealkylation sites (N-methyl/N-ethyl adjacent to an activating group) is 2. The molecule has 1 unspecified atom stereocenters. The van der Waals surface area contributed by atoms with Crippen LogP contribution < -0.4 is 5.32 Å². The van der Waals surface area contributed by atoms with Crippen LogP contribution in [0.4, 0.5) is 0 Å². The molecule has 1 atom stereocenters. The van der Waals surface area contributed by atoms with Gasteiger partial charge < -0.3 is 19.9 Å². The number of rotatable bonds is 7. The van der Waals surface area contributed by atoms with Crippen LogP contribution in [0, 0.1) is 5.41 Å². The van der Waals surface area contributed by atoms with Crippen molar-refractivity contribution >= 4 is 0 Å². The van der Waals surface area contributed by atoms with Gasteiger partial charge in [-0.1, -0.05) is 13.8 Å². The molecule has 0 aromatic rings. The molecule has 4 nitrogen and oxygen atoms in total. The predicted octanol–water partition coefficient (Wildman–Crippen LogP) is 1.81. The summed E-state index contributed by atoms with van der Waals surface area (Å²) < 4.78 is 5.61. The van der Waals surface area contributed by atoms with Crippen LogP contribution in [-0.4, -0.2) is 75.4 Å². The molecular weight excluding hydrogens is 262 g/mol. The minimum Gasteiger partial charge on any atom is -0.381 e. The van der Waals surface area contributed by atoms with Gasteiger partial charge in [-0.2, -0.15) is 0 Å². The van der Waals surface area contributed by atoms with E-state index in [1.807, 2.05) is 0 Å². The van der Waals surface area contributed by atoms with Crippen LogP contribution >= 0.6 is 0 Å². The van der Waals surface area contributed by atoms with Gasteiger partial charge in [0.05, 0.1) is 0 Å². The normalized spacial score (nSPS) is 26.9. The van der Waals surface area contributed by atoms with Crippen LogP contribution in [0.1, 0.15) is 39.5 Å². The van der Waals surface area contributed by atoms with Crippen LogP contribution in [0.3, 0.4) is 0 Å². The standard InChI is InChI=1S/C17H35N3O/c1-15(2)18-13-17(7-10-21-11-8-17)14-19(3)12-16-6-5-9-20(16)4/h15-16,18H,5-14H2,1-4H3. The van der Waals surface area contributed by atoms with Crippen LogP contribution in [0.15, 0.2) is 0 Å². The van der Waals surface area contributed by atoms with Crippen molar-refractivity contribution in [1.82, 2.24) is 15.1 Å². The van der Waals surface area contributed by atoms with Crippen molar-refractivity contribution in [2.45, 2.75) is 51.6 Å². The van der Waals surface area contributed by atoms with Crippen molar-refractivity contribution in [1.29, 1.82) is 0 Å². The van der Waals surface area contributed by atoms with Gasteiger partial charge in [0.15, 0.2) is 0 Å². The SMILES string of the molecule is CC(C)NCC1(CN(C)CC2CCCN2C)CCOCC1. The maximum atomic E-state index is 5.61. The van der Waals surface area contributed by atoms with E-state index in [9.17, 15) is 0 Å². The van der Waals surface area contributed by atoms with Gasteiger partial charge in [0, 0.05) is 44.9 Å². The molecule has 2 saturated heterocycles. The maximum absolute atomic E-state index is 5.61. The van der Waals surface area contributed by atoms with Crippen molar-refractivity contribution in [3.05, 3.63) is 0 Å². The molecule has 124 valence electrons. The molecule has 2 heterocycles. The monoisotopic (exact) mass is 297 g/mol. The summed E-state index contributed by atoms with van der Waals surface area (Å²) in [6, 6.07) is 1.32. The molecule has 2 rings (SSSR count). The number of likely N-dealkylation sites (tertiary alicyclic amines) is 1. The van der Waals surface area contributed by atoms with Gasteiger partial charge in [-0.15, -0.1) is 0 Å². The first-order chi connectivity index (χ1) is 10.0. The first-order valence-corrected chi connectivity index (χ1v) is 8.71. The molecular formula is C17H35N3O. The van der Waals surface area contributed by atoms with Crippen LogP contribution in [0.5, 0.6) is 0 Å². The van der Waals surface area contributed by atoms with Crippen molar-refractivity contribution < 1.29 is 4.74 Å². The second-order valence-electron chi connectivity index (χ2n) is 7.62. The largest absolute Gasteiger partial charge is 0.381 e. The Labute approximate surface area is 131 Å². The number of hydrogen-bond acceptors (Lipinski definition) is 4. The van der Waals surface area contributed by atoms with Crippen molar-refractivity contribution in [2.24, 2.45) is 5.41 Å². The average Bonchev–Trinajstić information content (AvgIpc) is 2.83. The Kier molecular flexibility index (Phi) is 6.48. The fourth-order valence-corrected chi connectivity index (χ4v) is 3.82. The third-order valence-electron chi connectivity index (χ3n) is 5.24. The lowest BCUT2D eigenvalue weighted by atomic mass is 9.79. The smallest absolute Gasteiger partial charge is 0.0472 e. The molecule has 0 spiro atoms. The quantitative estimate of drug-likeness (QED) is 0.775. The molecule has 0 amide bonds. The van der Waals surface area contributed by atoms with Gasteiger partial charge in [-0.25, -0.2) is 0 Å². The van der Waals surface area contributed by atoms with Crippen LogP contribution in [0.2, 0.25) is 0 Å². The zero-order valence-corrected chi connectivity index (χ0v) is 14.5. The molecule has 2 fully saturated rings. The van der Waals surface area contributed by atoms with E-state index < -0.39 is 0 Å². The van der Waals surface area contributed by atoms with Crippen molar-refractivity contribution in [2.75, 3.05) is 53.5 Å². The van der Waals surface area contributed by atoms with Gasteiger partial charge in [0.1, 0.15) is 0 Å². The zero-order chi connectivity index (χ0) is 15.3. The second-order valence-corrected chi connectivity index (χ2v) is 7.62.